The first-order valence-electron chi connectivity index (χ1n) is 18.2. The molecule has 4 aliphatic rings. The number of nitrogens with zero attached hydrogens (tertiary/aromatic N) is 1. The standard InChI is InChI=1S/C51H37N/c1-34-16-13-26-42(36-18-5-3-6-19-36)49(34)52(50-35(2)17-14-27-43(50)37-20-7-4-8-21-37)48-30-29-45-41-25-12-10-23-39(41)33-47(45)51(48)31-15-28-44-40-24-11-9-22-38(40)32-46(44)51/h3-33H,1-2H3. The zero-order valence-electron chi connectivity index (χ0n) is 29.3. The van der Waals surface area contributed by atoms with Crippen molar-refractivity contribution in [2.24, 2.45) is 5.41 Å². The molecule has 0 fully saturated rings. The van der Waals surface area contributed by atoms with Gasteiger partial charge in [0.2, 0.25) is 0 Å². The average molecular weight is 664 g/mol. The fourth-order valence-corrected chi connectivity index (χ4v) is 8.99. The maximum absolute atomic E-state index is 2.63. The number of anilines is 2. The van der Waals surface area contributed by atoms with Gasteiger partial charge in [-0.2, -0.15) is 0 Å². The van der Waals surface area contributed by atoms with Crippen molar-refractivity contribution in [3.05, 3.63) is 226 Å². The summed E-state index contributed by atoms with van der Waals surface area (Å²) in [5, 5.41) is 0. The van der Waals surface area contributed by atoms with Crippen molar-refractivity contribution >= 4 is 34.7 Å². The molecule has 10 rings (SSSR count). The molecule has 0 N–H and O–H groups in total. The summed E-state index contributed by atoms with van der Waals surface area (Å²) in [6.07, 6.45) is 16.8. The fraction of sp³-hybridized carbons (Fsp3) is 0.0588. The second-order valence-electron chi connectivity index (χ2n) is 14.2. The van der Waals surface area contributed by atoms with Crippen molar-refractivity contribution in [2.75, 3.05) is 4.90 Å². The number of hydrogen-bond donors (Lipinski definition) is 0. The number of para-hydroxylation sites is 2. The lowest BCUT2D eigenvalue weighted by atomic mass is 9.63. The summed E-state index contributed by atoms with van der Waals surface area (Å²) in [5.41, 5.74) is 20.6. The molecule has 6 aromatic carbocycles. The molecule has 0 heterocycles. The Morgan fingerprint density at radius 1 is 0.423 bits per heavy atom. The van der Waals surface area contributed by atoms with Crippen molar-refractivity contribution in [3.8, 4) is 22.3 Å². The molecule has 0 aliphatic heterocycles. The third-order valence-electron chi connectivity index (χ3n) is 11.3. The van der Waals surface area contributed by atoms with Crippen LogP contribution in [0, 0.1) is 19.3 Å². The minimum atomic E-state index is -0.585. The van der Waals surface area contributed by atoms with E-state index in [2.05, 4.69) is 207 Å². The van der Waals surface area contributed by atoms with Crippen LogP contribution in [0.1, 0.15) is 33.4 Å². The molecule has 0 aromatic heterocycles. The number of allylic oxidation sites excluding steroid dienone is 7. The number of aryl methyl sites for hydroxylation is 2. The molecule has 4 aliphatic carbocycles. The lowest BCUT2D eigenvalue weighted by Crippen LogP contribution is -2.38. The van der Waals surface area contributed by atoms with Crippen LogP contribution in [0.3, 0.4) is 0 Å². The molecule has 0 bridgehead atoms. The SMILES string of the molecule is Cc1cccc(-c2ccccc2)c1N(C1=CC=C2C(=Cc3ccccc32)C12C=CC=C1C2=Cc2ccccc21)c1c(C)cccc1-c1ccccc1. The normalized spacial score (nSPS) is 17.6. The van der Waals surface area contributed by atoms with E-state index in [1.165, 1.54) is 95.0 Å². The predicted molar refractivity (Wildman–Crippen MR) is 220 cm³/mol. The minimum absolute atomic E-state index is 0.585. The van der Waals surface area contributed by atoms with Crippen molar-refractivity contribution in [1.82, 2.24) is 0 Å². The second kappa shape index (κ2) is 11.8. The topological polar surface area (TPSA) is 3.24 Å². The second-order valence-corrected chi connectivity index (χ2v) is 14.2. The average Bonchev–Trinajstić information content (AvgIpc) is 3.78. The van der Waals surface area contributed by atoms with E-state index in [0.29, 0.717) is 0 Å². The largest absolute Gasteiger partial charge is 0.311 e. The maximum atomic E-state index is 2.63. The summed E-state index contributed by atoms with van der Waals surface area (Å²) in [7, 11) is 0. The summed E-state index contributed by atoms with van der Waals surface area (Å²) in [4.78, 5) is 2.63. The Kier molecular flexibility index (Phi) is 6.91. The molecule has 0 saturated carbocycles. The highest BCUT2D eigenvalue weighted by Crippen LogP contribution is 2.64. The molecule has 0 amide bonds. The zero-order valence-corrected chi connectivity index (χ0v) is 29.3. The first kappa shape index (κ1) is 30.4. The van der Waals surface area contributed by atoms with Crippen LogP contribution >= 0.6 is 0 Å². The van der Waals surface area contributed by atoms with Gasteiger partial charge in [0, 0.05) is 16.8 Å². The van der Waals surface area contributed by atoms with Gasteiger partial charge in [-0.15, -0.1) is 0 Å². The van der Waals surface area contributed by atoms with Gasteiger partial charge in [-0.3, -0.25) is 0 Å². The highest BCUT2D eigenvalue weighted by molar-refractivity contribution is 6.07. The van der Waals surface area contributed by atoms with Gasteiger partial charge in [0.05, 0.1) is 16.8 Å². The van der Waals surface area contributed by atoms with Gasteiger partial charge in [0.1, 0.15) is 0 Å². The van der Waals surface area contributed by atoms with E-state index in [4.69, 9.17) is 0 Å². The van der Waals surface area contributed by atoms with Crippen LogP contribution in [0.25, 0.3) is 45.6 Å². The molecule has 0 saturated heterocycles. The Hall–Kier alpha value is -6.44. The molecule has 1 nitrogen and oxygen atoms in total. The number of fused-ring (bicyclic) bond motifs is 8. The van der Waals surface area contributed by atoms with Crippen molar-refractivity contribution in [3.63, 3.8) is 0 Å². The molecule has 1 heteroatoms. The van der Waals surface area contributed by atoms with E-state index in [0.717, 1.165) is 0 Å². The molecule has 1 atom stereocenters. The van der Waals surface area contributed by atoms with Gasteiger partial charge in [-0.25, -0.2) is 0 Å². The monoisotopic (exact) mass is 663 g/mol. The van der Waals surface area contributed by atoms with Gasteiger partial charge in [-0.1, -0.05) is 170 Å². The molecule has 1 unspecified atom stereocenters. The molecule has 0 radical (unpaired) electrons. The van der Waals surface area contributed by atoms with Gasteiger partial charge in [-0.05, 0) is 98.9 Å². The maximum Gasteiger partial charge on any atom is 0.0803 e. The quantitative estimate of drug-likeness (QED) is 0.177. The molecule has 6 aromatic rings. The summed E-state index contributed by atoms with van der Waals surface area (Å²) in [5.74, 6) is 0. The Labute approximate surface area is 306 Å². The summed E-state index contributed by atoms with van der Waals surface area (Å²) >= 11 is 0. The van der Waals surface area contributed by atoms with Crippen LogP contribution in [0.5, 0.6) is 0 Å². The first-order valence-corrected chi connectivity index (χ1v) is 18.2. The summed E-state index contributed by atoms with van der Waals surface area (Å²) in [6.45, 7) is 4.54. The van der Waals surface area contributed by atoms with Crippen LogP contribution in [0.4, 0.5) is 11.4 Å². The number of benzene rings is 6. The van der Waals surface area contributed by atoms with Crippen molar-refractivity contribution in [2.45, 2.75) is 13.8 Å². The molecular formula is C51H37N. The van der Waals surface area contributed by atoms with Gasteiger partial charge < -0.3 is 4.90 Å². The van der Waals surface area contributed by atoms with Gasteiger partial charge in [0.15, 0.2) is 0 Å². The third-order valence-corrected chi connectivity index (χ3v) is 11.3. The van der Waals surface area contributed by atoms with E-state index in [-0.39, 0.29) is 0 Å². The molecule has 246 valence electrons. The van der Waals surface area contributed by atoms with E-state index < -0.39 is 5.41 Å². The summed E-state index contributed by atoms with van der Waals surface area (Å²) in [6, 6.07) is 53.0. The number of rotatable bonds is 5. The lowest BCUT2D eigenvalue weighted by molar-refractivity contribution is 0.676. The van der Waals surface area contributed by atoms with E-state index >= 15 is 0 Å². The van der Waals surface area contributed by atoms with Crippen LogP contribution in [-0.2, 0) is 0 Å². The fourth-order valence-electron chi connectivity index (χ4n) is 8.99. The van der Waals surface area contributed by atoms with Gasteiger partial charge >= 0.3 is 0 Å². The van der Waals surface area contributed by atoms with Crippen molar-refractivity contribution in [1.29, 1.82) is 0 Å². The minimum Gasteiger partial charge on any atom is -0.311 e. The highest BCUT2D eigenvalue weighted by Gasteiger charge is 2.51. The van der Waals surface area contributed by atoms with Crippen LogP contribution in [0.2, 0.25) is 0 Å². The Bertz CT molecular complexity index is 2510. The predicted octanol–water partition coefficient (Wildman–Crippen LogP) is 13.2. The van der Waals surface area contributed by atoms with Crippen LogP contribution < -0.4 is 4.90 Å². The third kappa shape index (κ3) is 4.42. The van der Waals surface area contributed by atoms with E-state index in [1.807, 2.05) is 0 Å². The van der Waals surface area contributed by atoms with Crippen LogP contribution in [0.15, 0.2) is 193 Å². The van der Waals surface area contributed by atoms with Gasteiger partial charge in [0.25, 0.3) is 0 Å². The van der Waals surface area contributed by atoms with Crippen molar-refractivity contribution < 1.29 is 0 Å². The first-order chi connectivity index (χ1) is 25.6. The Morgan fingerprint density at radius 3 is 1.42 bits per heavy atom. The van der Waals surface area contributed by atoms with E-state index in [1.54, 1.807) is 0 Å². The Morgan fingerprint density at radius 2 is 0.885 bits per heavy atom. The Balaban J connectivity index is 1.34. The lowest BCUT2D eigenvalue weighted by Gasteiger charge is -2.47. The zero-order chi connectivity index (χ0) is 34.8. The smallest absolute Gasteiger partial charge is 0.0803 e. The molecular weight excluding hydrogens is 627 g/mol. The molecule has 1 spiro atoms. The summed E-state index contributed by atoms with van der Waals surface area (Å²) < 4.78 is 0. The van der Waals surface area contributed by atoms with E-state index in [9.17, 15) is 0 Å². The molecule has 52 heavy (non-hydrogen) atoms. The highest BCUT2D eigenvalue weighted by atomic mass is 15.2. The van der Waals surface area contributed by atoms with Crippen LogP contribution in [-0.4, -0.2) is 0 Å². The number of hydrogen-bond acceptors (Lipinski definition) is 1.